The molecule has 0 aliphatic heterocycles. The Balaban J connectivity index is 1.41. The van der Waals surface area contributed by atoms with Gasteiger partial charge in [0.05, 0.1) is 19.2 Å². The summed E-state index contributed by atoms with van der Waals surface area (Å²) in [7, 11) is 1.61. The summed E-state index contributed by atoms with van der Waals surface area (Å²) in [6.07, 6.45) is 2.11. The van der Waals surface area contributed by atoms with Crippen LogP contribution in [0.1, 0.15) is 5.56 Å². The maximum absolute atomic E-state index is 12.4. The van der Waals surface area contributed by atoms with E-state index in [1.54, 1.807) is 19.2 Å². The van der Waals surface area contributed by atoms with Crippen molar-refractivity contribution in [3.05, 3.63) is 72.4 Å². The first-order valence-corrected chi connectivity index (χ1v) is 8.81. The van der Waals surface area contributed by atoms with Gasteiger partial charge < -0.3 is 20.4 Å². The van der Waals surface area contributed by atoms with Crippen LogP contribution in [0.3, 0.4) is 0 Å². The van der Waals surface area contributed by atoms with E-state index in [2.05, 4.69) is 25.8 Å². The Hall–Kier alpha value is -3.87. The Morgan fingerprint density at radius 3 is 2.57 bits per heavy atom. The molecule has 3 N–H and O–H groups in total. The second-order valence-electron chi connectivity index (χ2n) is 6.21. The van der Waals surface area contributed by atoms with Crippen molar-refractivity contribution in [3.63, 3.8) is 0 Å². The highest BCUT2D eigenvalue weighted by Crippen LogP contribution is 2.26. The third kappa shape index (κ3) is 3.78. The number of rotatable bonds is 6. The molecular formula is C21H19N5O2. The average molecular weight is 373 g/mol. The monoisotopic (exact) mass is 373 g/mol. The van der Waals surface area contributed by atoms with Crippen molar-refractivity contribution in [3.8, 4) is 5.75 Å². The van der Waals surface area contributed by atoms with Crippen molar-refractivity contribution in [2.24, 2.45) is 0 Å². The van der Waals surface area contributed by atoms with Crippen LogP contribution in [-0.4, -0.2) is 28.2 Å². The Bertz CT molecular complexity index is 1110. The summed E-state index contributed by atoms with van der Waals surface area (Å²) in [4.78, 5) is 15.5. The predicted octanol–water partition coefficient (Wildman–Crippen LogP) is 3.89. The highest BCUT2D eigenvalue weighted by molar-refractivity contribution is 5.95. The lowest BCUT2D eigenvalue weighted by atomic mass is 10.1. The normalized spacial score (nSPS) is 10.6. The number of aromatic nitrogens is 3. The summed E-state index contributed by atoms with van der Waals surface area (Å²) in [6.45, 7) is 0. The molecule has 0 radical (unpaired) electrons. The zero-order chi connectivity index (χ0) is 19.3. The zero-order valence-electron chi connectivity index (χ0n) is 15.3. The van der Waals surface area contributed by atoms with E-state index in [1.807, 2.05) is 54.7 Å². The molecular weight excluding hydrogens is 354 g/mol. The Kier molecular flexibility index (Phi) is 4.88. The molecule has 140 valence electrons. The minimum atomic E-state index is -0.149. The molecule has 0 saturated heterocycles. The number of H-pyrrole nitrogens is 1. The number of nitrogens with one attached hydrogen (secondary N) is 3. The molecule has 0 saturated carbocycles. The van der Waals surface area contributed by atoms with Crippen molar-refractivity contribution in [1.82, 2.24) is 15.2 Å². The second kappa shape index (κ2) is 7.79. The van der Waals surface area contributed by atoms with Gasteiger partial charge in [-0.05, 0) is 35.9 Å². The quantitative estimate of drug-likeness (QED) is 0.477. The van der Waals surface area contributed by atoms with Crippen LogP contribution < -0.4 is 15.4 Å². The number of hydrogen-bond donors (Lipinski definition) is 3. The van der Waals surface area contributed by atoms with E-state index in [1.165, 1.54) is 0 Å². The number of anilines is 3. The lowest BCUT2D eigenvalue weighted by Crippen LogP contribution is -2.15. The summed E-state index contributed by atoms with van der Waals surface area (Å²) >= 11 is 0. The van der Waals surface area contributed by atoms with Crippen LogP contribution >= 0.6 is 0 Å². The van der Waals surface area contributed by atoms with Gasteiger partial charge in [-0.25, -0.2) is 0 Å². The third-order valence-electron chi connectivity index (χ3n) is 4.33. The van der Waals surface area contributed by atoms with Gasteiger partial charge in [0.1, 0.15) is 5.75 Å². The van der Waals surface area contributed by atoms with Crippen LogP contribution in [-0.2, 0) is 11.2 Å². The van der Waals surface area contributed by atoms with Crippen molar-refractivity contribution < 1.29 is 9.53 Å². The van der Waals surface area contributed by atoms with Crippen molar-refractivity contribution in [2.75, 3.05) is 17.7 Å². The number of amides is 1. The molecule has 4 aromatic rings. The Labute approximate surface area is 161 Å². The van der Waals surface area contributed by atoms with Crippen LogP contribution in [0.15, 0.2) is 66.9 Å². The van der Waals surface area contributed by atoms with Gasteiger partial charge in [-0.3, -0.25) is 4.79 Å². The molecule has 0 aliphatic rings. The first kappa shape index (κ1) is 17.5. The first-order valence-electron chi connectivity index (χ1n) is 8.81. The number of carbonyl (C=O) groups excluding carboxylic acids is 1. The summed E-state index contributed by atoms with van der Waals surface area (Å²) in [6, 6.07) is 18.9. The molecule has 4 rings (SSSR count). The van der Waals surface area contributed by atoms with Crippen LogP contribution in [0.4, 0.5) is 17.3 Å². The van der Waals surface area contributed by atoms with Crippen LogP contribution in [0.2, 0.25) is 0 Å². The molecule has 7 nitrogen and oxygen atoms in total. The zero-order valence-corrected chi connectivity index (χ0v) is 15.3. The smallest absolute Gasteiger partial charge is 0.230 e. The van der Waals surface area contributed by atoms with E-state index in [9.17, 15) is 4.79 Å². The number of benzene rings is 2. The van der Waals surface area contributed by atoms with Crippen LogP contribution in [0.25, 0.3) is 10.9 Å². The molecule has 1 amide bonds. The molecule has 2 aromatic heterocycles. The molecule has 0 aliphatic carbocycles. The minimum absolute atomic E-state index is 0.149. The lowest BCUT2D eigenvalue weighted by molar-refractivity contribution is -0.115. The maximum atomic E-state index is 12.4. The number of carbonyl (C=O) groups is 1. The molecule has 0 atom stereocenters. The SMILES string of the molecule is COc1ccccc1Nc1ccc(NC(=O)Cc2c[nH]c3ccccc23)nn1. The standard InChI is InChI=1S/C21H19N5O2/c1-28-18-9-5-4-8-17(18)23-19-10-11-20(26-25-19)24-21(27)12-14-13-22-16-7-3-2-6-15(14)16/h2-11,13,22H,12H2,1H3,(H,23,25)(H,24,26,27). The topological polar surface area (TPSA) is 91.9 Å². The van der Waals surface area contributed by atoms with Crippen LogP contribution in [0, 0.1) is 0 Å². The molecule has 2 aromatic carbocycles. The van der Waals surface area contributed by atoms with Crippen LogP contribution in [0.5, 0.6) is 5.75 Å². The first-order chi connectivity index (χ1) is 13.7. The number of methoxy groups -OCH3 is 1. The second-order valence-corrected chi connectivity index (χ2v) is 6.21. The van der Waals surface area contributed by atoms with Gasteiger partial charge in [0.15, 0.2) is 11.6 Å². The van der Waals surface area contributed by atoms with E-state index in [0.29, 0.717) is 17.4 Å². The fourth-order valence-electron chi connectivity index (χ4n) is 2.99. The highest BCUT2D eigenvalue weighted by atomic mass is 16.5. The predicted molar refractivity (Wildman–Crippen MR) is 109 cm³/mol. The van der Waals surface area contributed by atoms with Gasteiger partial charge in [0.2, 0.25) is 5.91 Å². The Morgan fingerprint density at radius 2 is 1.75 bits per heavy atom. The highest BCUT2D eigenvalue weighted by Gasteiger charge is 2.10. The largest absolute Gasteiger partial charge is 0.495 e. The van der Waals surface area contributed by atoms with Crippen molar-refractivity contribution in [2.45, 2.75) is 6.42 Å². The number of para-hydroxylation sites is 3. The number of aromatic amines is 1. The van der Waals surface area contributed by atoms with Gasteiger partial charge >= 0.3 is 0 Å². The number of fused-ring (bicyclic) bond motifs is 1. The van der Waals surface area contributed by atoms with Crippen molar-refractivity contribution in [1.29, 1.82) is 0 Å². The summed E-state index contributed by atoms with van der Waals surface area (Å²) in [5.74, 6) is 1.51. The summed E-state index contributed by atoms with van der Waals surface area (Å²) in [5, 5.41) is 15.1. The van der Waals surface area contributed by atoms with Gasteiger partial charge in [0.25, 0.3) is 0 Å². The van der Waals surface area contributed by atoms with E-state index in [-0.39, 0.29) is 12.3 Å². The van der Waals surface area contributed by atoms with Crippen molar-refractivity contribution >= 4 is 34.1 Å². The van der Waals surface area contributed by atoms with Gasteiger partial charge in [0, 0.05) is 17.1 Å². The molecule has 7 heteroatoms. The molecule has 0 fully saturated rings. The molecule has 28 heavy (non-hydrogen) atoms. The van der Waals surface area contributed by atoms with Gasteiger partial charge in [-0.15, -0.1) is 10.2 Å². The molecule has 0 unspecified atom stereocenters. The number of hydrogen-bond acceptors (Lipinski definition) is 5. The lowest BCUT2D eigenvalue weighted by Gasteiger charge is -2.10. The molecule has 0 bridgehead atoms. The molecule has 0 spiro atoms. The Morgan fingerprint density at radius 1 is 1.00 bits per heavy atom. The van der Waals surface area contributed by atoms with E-state index >= 15 is 0 Å². The van der Waals surface area contributed by atoms with Gasteiger partial charge in [-0.2, -0.15) is 0 Å². The average Bonchev–Trinajstić information content (AvgIpc) is 3.13. The number of ether oxygens (including phenoxy) is 1. The maximum Gasteiger partial charge on any atom is 0.230 e. The van der Waals surface area contributed by atoms with E-state index in [4.69, 9.17) is 4.74 Å². The summed E-state index contributed by atoms with van der Waals surface area (Å²) in [5.41, 5.74) is 2.74. The third-order valence-corrected chi connectivity index (χ3v) is 4.33. The summed E-state index contributed by atoms with van der Waals surface area (Å²) < 4.78 is 5.30. The van der Waals surface area contributed by atoms with Gasteiger partial charge in [-0.1, -0.05) is 30.3 Å². The van der Waals surface area contributed by atoms with E-state index in [0.717, 1.165) is 22.2 Å². The van der Waals surface area contributed by atoms with E-state index < -0.39 is 0 Å². The molecule has 2 heterocycles. The fraction of sp³-hybridized carbons (Fsp3) is 0.0952. The fourth-order valence-corrected chi connectivity index (χ4v) is 2.99. The number of nitrogens with zero attached hydrogens (tertiary/aromatic N) is 2. The minimum Gasteiger partial charge on any atom is -0.495 e.